The summed E-state index contributed by atoms with van der Waals surface area (Å²) in [5, 5.41) is 20.6. The average Bonchev–Trinajstić information content (AvgIpc) is 2.42. The zero-order chi connectivity index (χ0) is 14.7. The van der Waals surface area contributed by atoms with Gasteiger partial charge in [0.1, 0.15) is 11.5 Å². The van der Waals surface area contributed by atoms with Crippen LogP contribution in [0.3, 0.4) is 0 Å². The van der Waals surface area contributed by atoms with Crippen molar-refractivity contribution >= 4 is 0 Å². The molecule has 2 nitrogen and oxygen atoms in total. The molecule has 2 aromatic rings. The fourth-order valence-corrected chi connectivity index (χ4v) is 2.48. The predicted octanol–water partition coefficient (Wildman–Crippen LogP) is 4.72. The normalized spacial score (nSPS) is 10.8. The molecule has 0 aliphatic carbocycles. The number of hydrogen-bond donors (Lipinski definition) is 2. The first-order valence-corrected chi connectivity index (χ1v) is 7.15. The number of benzene rings is 2. The predicted molar refractivity (Wildman–Crippen MR) is 83.3 cm³/mol. The van der Waals surface area contributed by atoms with Gasteiger partial charge in [0, 0.05) is 11.1 Å². The molecule has 0 aliphatic rings. The zero-order valence-corrected chi connectivity index (χ0v) is 12.4. The highest BCUT2D eigenvalue weighted by atomic mass is 16.3. The smallest absolute Gasteiger partial charge is 0.126 e. The van der Waals surface area contributed by atoms with Gasteiger partial charge in [-0.15, -0.1) is 0 Å². The Morgan fingerprint density at radius 2 is 1.60 bits per heavy atom. The van der Waals surface area contributed by atoms with Crippen molar-refractivity contribution in [1.29, 1.82) is 0 Å². The first-order valence-electron chi connectivity index (χ1n) is 7.15. The van der Waals surface area contributed by atoms with Crippen LogP contribution in [0.1, 0.15) is 36.5 Å². The van der Waals surface area contributed by atoms with E-state index >= 15 is 0 Å². The van der Waals surface area contributed by atoms with Gasteiger partial charge in [-0.25, -0.2) is 0 Å². The van der Waals surface area contributed by atoms with Gasteiger partial charge in [0.2, 0.25) is 0 Å². The maximum absolute atomic E-state index is 10.5. The third-order valence-corrected chi connectivity index (χ3v) is 3.58. The zero-order valence-electron chi connectivity index (χ0n) is 12.4. The van der Waals surface area contributed by atoms with E-state index in [1.165, 1.54) is 0 Å². The van der Waals surface area contributed by atoms with Crippen molar-refractivity contribution in [2.75, 3.05) is 0 Å². The molecule has 0 heterocycles. The SMILES string of the molecule is CCCCc1cc(C)cc(-c2cc(C)ccc2O)c1O. The molecule has 0 saturated heterocycles. The molecule has 2 heteroatoms. The number of aromatic hydroxyl groups is 2. The lowest BCUT2D eigenvalue weighted by molar-refractivity contribution is 0.464. The summed E-state index contributed by atoms with van der Waals surface area (Å²) in [5.41, 5.74) is 4.54. The van der Waals surface area contributed by atoms with Crippen LogP contribution < -0.4 is 0 Å². The van der Waals surface area contributed by atoms with Gasteiger partial charge in [-0.2, -0.15) is 0 Å². The minimum atomic E-state index is 0.206. The molecule has 0 spiro atoms. The average molecular weight is 270 g/mol. The number of phenolic OH excluding ortho intramolecular Hbond substituents is 2. The summed E-state index contributed by atoms with van der Waals surface area (Å²) in [6, 6.07) is 9.41. The maximum atomic E-state index is 10.5. The summed E-state index contributed by atoms with van der Waals surface area (Å²) >= 11 is 0. The van der Waals surface area contributed by atoms with Crippen molar-refractivity contribution in [3.05, 3.63) is 47.0 Å². The van der Waals surface area contributed by atoms with Gasteiger partial charge < -0.3 is 10.2 Å². The second-order valence-electron chi connectivity index (χ2n) is 5.44. The molecule has 0 atom stereocenters. The van der Waals surface area contributed by atoms with Crippen LogP contribution in [-0.2, 0) is 6.42 Å². The molecule has 2 N–H and O–H groups in total. The van der Waals surface area contributed by atoms with Gasteiger partial charge in [0.25, 0.3) is 0 Å². The largest absolute Gasteiger partial charge is 0.507 e. The number of aryl methyl sites for hydroxylation is 3. The van der Waals surface area contributed by atoms with Crippen molar-refractivity contribution in [1.82, 2.24) is 0 Å². The molecular weight excluding hydrogens is 248 g/mol. The Morgan fingerprint density at radius 1 is 0.900 bits per heavy atom. The quantitative estimate of drug-likeness (QED) is 0.843. The van der Waals surface area contributed by atoms with E-state index in [4.69, 9.17) is 0 Å². The monoisotopic (exact) mass is 270 g/mol. The summed E-state index contributed by atoms with van der Waals surface area (Å²) < 4.78 is 0. The minimum absolute atomic E-state index is 0.206. The molecule has 106 valence electrons. The van der Waals surface area contributed by atoms with E-state index in [0.29, 0.717) is 11.3 Å². The highest BCUT2D eigenvalue weighted by molar-refractivity contribution is 5.77. The summed E-state index contributed by atoms with van der Waals surface area (Å²) in [4.78, 5) is 0. The van der Waals surface area contributed by atoms with E-state index in [-0.39, 0.29) is 5.75 Å². The Kier molecular flexibility index (Phi) is 4.33. The number of hydrogen-bond acceptors (Lipinski definition) is 2. The molecule has 0 radical (unpaired) electrons. The van der Waals surface area contributed by atoms with Gasteiger partial charge >= 0.3 is 0 Å². The summed E-state index contributed by atoms with van der Waals surface area (Å²) in [5.74, 6) is 0.503. The van der Waals surface area contributed by atoms with E-state index in [2.05, 4.69) is 6.92 Å². The molecule has 0 aromatic heterocycles. The van der Waals surface area contributed by atoms with Gasteiger partial charge in [0.15, 0.2) is 0 Å². The van der Waals surface area contributed by atoms with Crippen LogP contribution in [0.4, 0.5) is 0 Å². The third kappa shape index (κ3) is 2.96. The van der Waals surface area contributed by atoms with Crippen molar-refractivity contribution in [3.8, 4) is 22.6 Å². The molecule has 0 aliphatic heterocycles. The first kappa shape index (κ1) is 14.4. The molecule has 2 aromatic carbocycles. The van der Waals surface area contributed by atoms with Crippen molar-refractivity contribution in [2.45, 2.75) is 40.0 Å². The fraction of sp³-hybridized carbons (Fsp3) is 0.333. The summed E-state index contributed by atoms with van der Waals surface area (Å²) in [6.07, 6.45) is 3.01. The Labute approximate surface area is 120 Å². The molecule has 2 rings (SSSR count). The number of phenols is 2. The summed E-state index contributed by atoms with van der Waals surface area (Å²) in [7, 11) is 0. The summed E-state index contributed by atoms with van der Waals surface area (Å²) in [6.45, 7) is 6.14. The van der Waals surface area contributed by atoms with E-state index in [1.54, 1.807) is 6.07 Å². The molecule has 0 saturated carbocycles. The first-order chi connectivity index (χ1) is 9.52. The van der Waals surface area contributed by atoms with Crippen LogP contribution in [-0.4, -0.2) is 10.2 Å². The lowest BCUT2D eigenvalue weighted by Gasteiger charge is -2.13. The second kappa shape index (κ2) is 6.00. The van der Waals surface area contributed by atoms with Crippen molar-refractivity contribution in [2.24, 2.45) is 0 Å². The highest BCUT2D eigenvalue weighted by Gasteiger charge is 2.13. The van der Waals surface area contributed by atoms with E-state index in [9.17, 15) is 10.2 Å². The minimum Gasteiger partial charge on any atom is -0.507 e. The molecule has 0 unspecified atom stereocenters. The topological polar surface area (TPSA) is 40.5 Å². The molecule has 0 fully saturated rings. The standard InChI is InChI=1S/C18H22O2/c1-4-5-6-14-9-13(3)11-16(18(14)20)15-10-12(2)7-8-17(15)19/h7-11,19-20H,4-6H2,1-3H3. The van der Waals surface area contributed by atoms with Crippen molar-refractivity contribution < 1.29 is 10.2 Å². The molecule has 20 heavy (non-hydrogen) atoms. The Bertz CT molecular complexity index is 615. The van der Waals surface area contributed by atoms with E-state index in [1.807, 2.05) is 38.1 Å². The van der Waals surface area contributed by atoms with Crippen LogP contribution in [0.25, 0.3) is 11.1 Å². The van der Waals surface area contributed by atoms with Gasteiger partial charge in [-0.3, -0.25) is 0 Å². The van der Waals surface area contributed by atoms with Gasteiger partial charge in [0.05, 0.1) is 0 Å². The lowest BCUT2D eigenvalue weighted by atomic mass is 9.95. The number of unbranched alkanes of at least 4 members (excludes halogenated alkanes) is 1. The second-order valence-corrected chi connectivity index (χ2v) is 5.44. The number of rotatable bonds is 4. The molecule has 0 bridgehead atoms. The van der Waals surface area contributed by atoms with E-state index < -0.39 is 0 Å². The Morgan fingerprint density at radius 3 is 2.30 bits per heavy atom. The van der Waals surface area contributed by atoms with Crippen LogP contribution in [0.15, 0.2) is 30.3 Å². The van der Waals surface area contributed by atoms with Gasteiger partial charge in [-0.1, -0.05) is 31.0 Å². The lowest BCUT2D eigenvalue weighted by Crippen LogP contribution is -1.91. The van der Waals surface area contributed by atoms with Crippen LogP contribution >= 0.6 is 0 Å². The van der Waals surface area contributed by atoms with E-state index in [0.717, 1.165) is 41.5 Å². The van der Waals surface area contributed by atoms with Crippen LogP contribution in [0.5, 0.6) is 11.5 Å². The van der Waals surface area contributed by atoms with Crippen LogP contribution in [0, 0.1) is 13.8 Å². The molecular formula is C18H22O2. The van der Waals surface area contributed by atoms with Gasteiger partial charge in [-0.05, 0) is 56.0 Å². The Balaban J connectivity index is 2.56. The Hall–Kier alpha value is -1.96. The highest BCUT2D eigenvalue weighted by Crippen LogP contribution is 2.39. The molecule has 0 amide bonds. The third-order valence-electron chi connectivity index (χ3n) is 3.58. The van der Waals surface area contributed by atoms with Crippen LogP contribution in [0.2, 0.25) is 0 Å². The fourth-order valence-electron chi connectivity index (χ4n) is 2.48. The maximum Gasteiger partial charge on any atom is 0.126 e. The van der Waals surface area contributed by atoms with Crippen molar-refractivity contribution in [3.63, 3.8) is 0 Å².